The summed E-state index contributed by atoms with van der Waals surface area (Å²) < 4.78 is 25.0. The van der Waals surface area contributed by atoms with Gasteiger partial charge in [0.2, 0.25) is 0 Å². The van der Waals surface area contributed by atoms with Gasteiger partial charge in [0.1, 0.15) is 25.2 Å². The highest BCUT2D eigenvalue weighted by Gasteiger charge is 2.19. The number of hydrogen-bond acceptors (Lipinski definition) is 5. The lowest BCUT2D eigenvalue weighted by Gasteiger charge is -2.11. The minimum Gasteiger partial charge on any atom is -0.338 e. The molecule has 1 atom stereocenters. The summed E-state index contributed by atoms with van der Waals surface area (Å²) in [6.07, 6.45) is 4.81. The van der Waals surface area contributed by atoms with Crippen molar-refractivity contribution in [2.45, 2.75) is 12.8 Å². The quantitative estimate of drug-likeness (QED) is 0.735. The average Bonchev–Trinajstić information content (AvgIpc) is 2.98. The van der Waals surface area contributed by atoms with Crippen molar-refractivity contribution in [2.75, 3.05) is 12.0 Å². The molecule has 1 unspecified atom stereocenters. The van der Waals surface area contributed by atoms with Gasteiger partial charge in [-0.3, -0.25) is 4.98 Å². The minimum atomic E-state index is -3.00. The van der Waals surface area contributed by atoms with Gasteiger partial charge >= 0.3 is 0 Å². The molecule has 0 saturated heterocycles. The Hall–Kier alpha value is -1.73. The summed E-state index contributed by atoms with van der Waals surface area (Å²) in [7, 11) is -1.04. The van der Waals surface area contributed by atoms with Crippen LogP contribution in [0, 0.1) is 0 Å². The molecule has 3 heterocycles. The van der Waals surface area contributed by atoms with Crippen molar-refractivity contribution in [1.29, 1.82) is 0 Å². The summed E-state index contributed by atoms with van der Waals surface area (Å²) in [5, 5.41) is 0.927. The predicted octanol–water partition coefficient (Wildman–Crippen LogP) is 2.84. The van der Waals surface area contributed by atoms with E-state index in [1.807, 2.05) is 36.7 Å². The maximum atomic E-state index is 11.5. The number of aromatic nitrogens is 3. The third-order valence-electron chi connectivity index (χ3n) is 3.58. The molecule has 5 nitrogen and oxygen atoms in total. The van der Waals surface area contributed by atoms with Gasteiger partial charge in [-0.05, 0) is 18.2 Å². The molecule has 22 heavy (non-hydrogen) atoms. The summed E-state index contributed by atoms with van der Waals surface area (Å²) >= 11 is 1.60. The van der Waals surface area contributed by atoms with Gasteiger partial charge in [-0.25, -0.2) is 13.4 Å². The van der Waals surface area contributed by atoms with E-state index >= 15 is 0 Å². The number of rotatable bonds is 4. The second-order valence-electron chi connectivity index (χ2n) is 5.57. The molecule has 0 spiro atoms. The summed E-state index contributed by atoms with van der Waals surface area (Å²) in [5.41, 5.74) is 2.90. The van der Waals surface area contributed by atoms with Gasteiger partial charge in [0.05, 0.1) is 5.75 Å². The van der Waals surface area contributed by atoms with E-state index in [1.54, 1.807) is 23.7 Å². The van der Waals surface area contributed by atoms with Crippen LogP contribution in [-0.2, 0) is 16.9 Å². The van der Waals surface area contributed by atoms with Crippen LogP contribution in [-0.4, -0.2) is 35.0 Å². The number of sulfone groups is 1. The Morgan fingerprint density at radius 1 is 1.41 bits per heavy atom. The fraction of sp³-hybridized carbons (Fsp3) is 0.333. The highest BCUT2D eigenvalue weighted by molar-refractivity contribution is 7.90. The number of pyridine rings is 1. The molecular formula is C15H17N3O2S2. The minimum absolute atomic E-state index is 0.0526. The molecule has 0 aromatic carbocycles. The third kappa shape index (κ3) is 2.91. The first-order valence-corrected chi connectivity index (χ1v) is 9.77. The molecule has 0 amide bonds. The lowest BCUT2D eigenvalue weighted by Crippen LogP contribution is -2.13. The highest BCUT2D eigenvalue weighted by Crippen LogP contribution is 2.33. The van der Waals surface area contributed by atoms with E-state index in [0.717, 1.165) is 26.6 Å². The Labute approximate surface area is 133 Å². The zero-order chi connectivity index (χ0) is 15.9. The van der Waals surface area contributed by atoms with Crippen molar-refractivity contribution < 1.29 is 8.42 Å². The van der Waals surface area contributed by atoms with E-state index in [1.165, 1.54) is 6.26 Å². The molecule has 0 radical (unpaired) electrons. The normalized spacial score (nSPS) is 13.6. The van der Waals surface area contributed by atoms with E-state index in [-0.39, 0.29) is 11.7 Å². The number of nitrogens with zero attached hydrogens (tertiary/aromatic N) is 3. The van der Waals surface area contributed by atoms with Crippen molar-refractivity contribution >= 4 is 31.5 Å². The SMILES string of the molecule is CC(CS(C)(=O)=O)c1cc2nc(-c3cccnc3)sc2n1C. The van der Waals surface area contributed by atoms with Crippen LogP contribution in [0.1, 0.15) is 18.5 Å². The Bertz CT molecular complexity index is 911. The molecule has 0 fully saturated rings. The largest absolute Gasteiger partial charge is 0.338 e. The molecule has 3 aromatic rings. The molecule has 0 aliphatic rings. The molecule has 7 heteroatoms. The highest BCUT2D eigenvalue weighted by atomic mass is 32.2. The van der Waals surface area contributed by atoms with Gasteiger partial charge in [0.15, 0.2) is 0 Å². The monoisotopic (exact) mass is 335 g/mol. The smallest absolute Gasteiger partial charge is 0.148 e. The first-order chi connectivity index (χ1) is 10.3. The Morgan fingerprint density at radius 3 is 2.77 bits per heavy atom. The van der Waals surface area contributed by atoms with Gasteiger partial charge in [0, 0.05) is 42.9 Å². The van der Waals surface area contributed by atoms with E-state index < -0.39 is 9.84 Å². The van der Waals surface area contributed by atoms with Crippen LogP contribution >= 0.6 is 11.3 Å². The topological polar surface area (TPSA) is 64.8 Å². The van der Waals surface area contributed by atoms with E-state index in [9.17, 15) is 8.42 Å². The zero-order valence-corrected chi connectivity index (χ0v) is 14.3. The third-order valence-corrected chi connectivity index (χ3v) is 5.88. The van der Waals surface area contributed by atoms with Gasteiger partial charge < -0.3 is 4.57 Å². The Morgan fingerprint density at radius 2 is 2.18 bits per heavy atom. The molecule has 0 N–H and O–H groups in total. The fourth-order valence-corrected chi connectivity index (χ4v) is 4.73. The first kappa shape index (κ1) is 15.2. The van der Waals surface area contributed by atoms with Crippen LogP contribution in [0.3, 0.4) is 0 Å². The Kier molecular flexibility index (Phi) is 3.78. The second-order valence-corrected chi connectivity index (χ2v) is 8.74. The predicted molar refractivity (Wildman–Crippen MR) is 89.9 cm³/mol. The maximum Gasteiger partial charge on any atom is 0.148 e. The molecule has 116 valence electrons. The molecule has 0 saturated carbocycles. The van der Waals surface area contributed by atoms with Crippen LogP contribution in [0.4, 0.5) is 0 Å². The zero-order valence-electron chi connectivity index (χ0n) is 12.6. The van der Waals surface area contributed by atoms with E-state index in [4.69, 9.17) is 0 Å². The first-order valence-electron chi connectivity index (χ1n) is 6.89. The van der Waals surface area contributed by atoms with Crippen molar-refractivity contribution in [3.05, 3.63) is 36.3 Å². The summed E-state index contributed by atoms with van der Waals surface area (Å²) in [6.45, 7) is 1.93. The van der Waals surface area contributed by atoms with Crippen molar-refractivity contribution in [2.24, 2.45) is 7.05 Å². The summed E-state index contributed by atoms with van der Waals surface area (Å²) in [4.78, 5) is 9.82. The lowest BCUT2D eigenvalue weighted by atomic mass is 10.1. The number of hydrogen-bond donors (Lipinski definition) is 0. The fourth-order valence-electron chi connectivity index (χ4n) is 2.64. The molecule has 3 rings (SSSR count). The number of thiazole rings is 1. The standard InChI is InChI=1S/C15H17N3O2S2/c1-10(9-22(3,19)20)13-7-12-15(18(13)2)21-14(17-12)11-5-4-6-16-8-11/h4-8,10H,9H2,1-3H3. The van der Waals surface area contributed by atoms with Crippen LogP contribution in [0.2, 0.25) is 0 Å². The molecule has 3 aromatic heterocycles. The lowest BCUT2D eigenvalue weighted by molar-refractivity contribution is 0.594. The average molecular weight is 335 g/mol. The van der Waals surface area contributed by atoms with Gasteiger partial charge in [-0.15, -0.1) is 0 Å². The number of aryl methyl sites for hydroxylation is 1. The van der Waals surface area contributed by atoms with Gasteiger partial charge in [-0.2, -0.15) is 0 Å². The summed E-state index contributed by atoms with van der Waals surface area (Å²) in [5.74, 6) is 0.0939. The van der Waals surface area contributed by atoms with Crippen LogP contribution in [0.5, 0.6) is 0 Å². The second kappa shape index (κ2) is 5.48. The van der Waals surface area contributed by atoms with Crippen LogP contribution in [0.25, 0.3) is 20.9 Å². The van der Waals surface area contributed by atoms with Crippen LogP contribution < -0.4 is 0 Å². The molecule has 0 aliphatic carbocycles. The molecule has 0 aliphatic heterocycles. The number of fused-ring (bicyclic) bond motifs is 1. The Balaban J connectivity index is 2.00. The van der Waals surface area contributed by atoms with Crippen molar-refractivity contribution in [3.63, 3.8) is 0 Å². The summed E-state index contributed by atoms with van der Waals surface area (Å²) in [6, 6.07) is 5.86. The van der Waals surface area contributed by atoms with Crippen LogP contribution in [0.15, 0.2) is 30.6 Å². The maximum absolute atomic E-state index is 11.5. The van der Waals surface area contributed by atoms with E-state index in [0.29, 0.717) is 0 Å². The molecular weight excluding hydrogens is 318 g/mol. The van der Waals surface area contributed by atoms with E-state index in [2.05, 4.69) is 9.97 Å². The van der Waals surface area contributed by atoms with Gasteiger partial charge in [0.25, 0.3) is 0 Å². The van der Waals surface area contributed by atoms with Gasteiger partial charge in [-0.1, -0.05) is 18.3 Å². The van der Waals surface area contributed by atoms with Crippen molar-refractivity contribution in [1.82, 2.24) is 14.5 Å². The molecule has 0 bridgehead atoms. The van der Waals surface area contributed by atoms with Crippen molar-refractivity contribution in [3.8, 4) is 10.6 Å².